The molecule has 0 atom stereocenters. The highest BCUT2D eigenvalue weighted by Crippen LogP contribution is 2.29. The Morgan fingerprint density at radius 2 is 1.84 bits per heavy atom. The third kappa shape index (κ3) is 7.42. The molecule has 0 bridgehead atoms. The van der Waals surface area contributed by atoms with Crippen molar-refractivity contribution in [2.45, 2.75) is 12.6 Å². The standard InChI is InChI=1S/C25H23ClF4N6O2/c1-3-22(37)35(2)20-15-18(9-10-19(20)27)33-21-11-13-32-24(34-21)36(26)14-4-12-31-23(38)16-5-7-17(8-6-16)25(28,29)30/h3,5-11,13,15H,1,4,12,14H2,2H3,(H,31,38)(H,32,33,34). The number of hydrogen-bond acceptors (Lipinski definition) is 6. The molecule has 3 rings (SSSR count). The number of carbonyl (C=O) groups excluding carboxylic acids is 2. The number of alkyl halides is 3. The molecule has 1 aromatic heterocycles. The summed E-state index contributed by atoms with van der Waals surface area (Å²) < 4.78 is 53.4. The first-order valence-electron chi connectivity index (χ1n) is 11.2. The van der Waals surface area contributed by atoms with E-state index in [-0.39, 0.29) is 30.3 Å². The van der Waals surface area contributed by atoms with Gasteiger partial charge in [0, 0.05) is 49.4 Å². The van der Waals surface area contributed by atoms with E-state index in [1.807, 2.05) is 0 Å². The topological polar surface area (TPSA) is 90.5 Å². The van der Waals surface area contributed by atoms with Gasteiger partial charge >= 0.3 is 6.18 Å². The molecule has 0 spiro atoms. The number of nitrogens with zero attached hydrogens (tertiary/aromatic N) is 4. The van der Waals surface area contributed by atoms with Crippen LogP contribution in [0.25, 0.3) is 0 Å². The van der Waals surface area contributed by atoms with Crippen molar-refractivity contribution in [2.24, 2.45) is 0 Å². The van der Waals surface area contributed by atoms with E-state index < -0.39 is 29.4 Å². The SMILES string of the molecule is C=CC(=O)N(C)c1cc(Nc2ccnc(N(Cl)CCCNC(=O)c3ccc(C(F)(F)F)cc3)n2)ccc1F. The highest BCUT2D eigenvalue weighted by atomic mass is 35.5. The summed E-state index contributed by atoms with van der Waals surface area (Å²) in [5, 5.41) is 5.61. The number of aromatic nitrogens is 2. The summed E-state index contributed by atoms with van der Waals surface area (Å²) in [7, 11) is 1.42. The Morgan fingerprint density at radius 3 is 2.50 bits per heavy atom. The van der Waals surface area contributed by atoms with Crippen LogP contribution in [-0.4, -0.2) is 41.9 Å². The normalized spacial score (nSPS) is 11.0. The number of anilines is 4. The van der Waals surface area contributed by atoms with Gasteiger partial charge in [0.25, 0.3) is 5.91 Å². The number of amides is 2. The average Bonchev–Trinajstić information content (AvgIpc) is 2.90. The van der Waals surface area contributed by atoms with Crippen molar-refractivity contribution in [1.82, 2.24) is 15.3 Å². The smallest absolute Gasteiger partial charge is 0.352 e. The van der Waals surface area contributed by atoms with Crippen molar-refractivity contribution in [2.75, 3.05) is 34.8 Å². The molecule has 8 nitrogen and oxygen atoms in total. The maximum absolute atomic E-state index is 14.2. The van der Waals surface area contributed by atoms with Gasteiger partial charge in [-0.25, -0.2) is 9.37 Å². The average molecular weight is 551 g/mol. The van der Waals surface area contributed by atoms with Gasteiger partial charge in [0.1, 0.15) is 11.6 Å². The lowest BCUT2D eigenvalue weighted by molar-refractivity contribution is -0.137. The molecule has 0 unspecified atom stereocenters. The molecule has 200 valence electrons. The van der Waals surface area contributed by atoms with E-state index in [4.69, 9.17) is 11.8 Å². The van der Waals surface area contributed by atoms with Crippen LogP contribution >= 0.6 is 11.8 Å². The van der Waals surface area contributed by atoms with E-state index in [0.717, 1.165) is 35.2 Å². The van der Waals surface area contributed by atoms with E-state index >= 15 is 0 Å². The number of nitrogens with one attached hydrogen (secondary N) is 2. The fraction of sp³-hybridized carbons (Fsp3) is 0.200. The van der Waals surface area contributed by atoms with Gasteiger partial charge in [-0.05, 0) is 61.0 Å². The fourth-order valence-corrected chi connectivity index (χ4v) is 3.42. The Bertz CT molecular complexity index is 1300. The Morgan fingerprint density at radius 1 is 1.13 bits per heavy atom. The first-order valence-corrected chi connectivity index (χ1v) is 11.5. The summed E-state index contributed by atoms with van der Waals surface area (Å²) in [5.41, 5.74) is -0.223. The summed E-state index contributed by atoms with van der Waals surface area (Å²) in [6.07, 6.45) is -1.55. The largest absolute Gasteiger partial charge is 0.416 e. The summed E-state index contributed by atoms with van der Waals surface area (Å²) >= 11 is 6.27. The molecular formula is C25H23ClF4N6O2. The number of rotatable bonds is 10. The summed E-state index contributed by atoms with van der Waals surface area (Å²) in [6.45, 7) is 3.84. The van der Waals surface area contributed by atoms with Gasteiger partial charge in [-0.15, -0.1) is 0 Å². The monoisotopic (exact) mass is 550 g/mol. The van der Waals surface area contributed by atoms with Crippen molar-refractivity contribution in [1.29, 1.82) is 0 Å². The minimum absolute atomic E-state index is 0.0477. The Kier molecular flexibility index (Phi) is 9.24. The quantitative estimate of drug-likeness (QED) is 0.154. The zero-order valence-corrected chi connectivity index (χ0v) is 20.9. The number of carbonyl (C=O) groups is 2. The molecule has 13 heteroatoms. The van der Waals surface area contributed by atoms with E-state index in [2.05, 4.69) is 27.2 Å². The molecule has 2 N–H and O–H groups in total. The Balaban J connectivity index is 1.54. The molecule has 0 saturated heterocycles. The molecule has 0 aliphatic rings. The molecule has 0 aliphatic carbocycles. The zero-order chi connectivity index (χ0) is 27.9. The molecule has 0 fully saturated rings. The summed E-state index contributed by atoms with van der Waals surface area (Å²) in [4.78, 5) is 33.5. The van der Waals surface area contributed by atoms with E-state index in [1.54, 1.807) is 6.07 Å². The maximum Gasteiger partial charge on any atom is 0.416 e. The van der Waals surface area contributed by atoms with Gasteiger partial charge in [0.05, 0.1) is 11.3 Å². The minimum atomic E-state index is -4.47. The van der Waals surface area contributed by atoms with Crippen molar-refractivity contribution < 1.29 is 27.2 Å². The minimum Gasteiger partial charge on any atom is -0.352 e. The third-order valence-corrected chi connectivity index (χ3v) is 5.56. The number of benzene rings is 2. The molecule has 0 aliphatic heterocycles. The van der Waals surface area contributed by atoms with Crippen molar-refractivity contribution >= 4 is 46.7 Å². The molecule has 3 aromatic rings. The molecule has 0 radical (unpaired) electrons. The predicted molar refractivity (Wildman–Crippen MR) is 137 cm³/mol. The van der Waals surface area contributed by atoms with E-state index in [0.29, 0.717) is 17.9 Å². The van der Waals surface area contributed by atoms with Crippen LogP contribution in [0.1, 0.15) is 22.3 Å². The van der Waals surface area contributed by atoms with Crippen molar-refractivity contribution in [3.05, 3.63) is 84.3 Å². The van der Waals surface area contributed by atoms with Gasteiger partial charge in [0.15, 0.2) is 0 Å². The Labute approximate surface area is 221 Å². The highest BCUT2D eigenvalue weighted by Gasteiger charge is 2.30. The lowest BCUT2D eigenvalue weighted by atomic mass is 10.1. The second kappa shape index (κ2) is 12.4. The molecule has 2 aromatic carbocycles. The third-order valence-electron chi connectivity index (χ3n) is 5.24. The zero-order valence-electron chi connectivity index (χ0n) is 20.1. The number of hydrogen-bond donors (Lipinski definition) is 2. The van der Waals surface area contributed by atoms with Crippen LogP contribution in [0.15, 0.2) is 67.4 Å². The molecule has 0 saturated carbocycles. The van der Waals surface area contributed by atoms with Crippen LogP contribution in [0.5, 0.6) is 0 Å². The van der Waals surface area contributed by atoms with Crippen molar-refractivity contribution in [3.63, 3.8) is 0 Å². The van der Waals surface area contributed by atoms with Crippen LogP contribution in [-0.2, 0) is 11.0 Å². The van der Waals surface area contributed by atoms with Gasteiger partial charge < -0.3 is 15.5 Å². The summed E-state index contributed by atoms with van der Waals surface area (Å²) in [5.74, 6) is -1.06. The van der Waals surface area contributed by atoms with Gasteiger partial charge in [-0.2, -0.15) is 18.2 Å². The molecule has 1 heterocycles. The first-order chi connectivity index (χ1) is 18.0. The van der Waals surface area contributed by atoms with Crippen LogP contribution in [0.2, 0.25) is 0 Å². The summed E-state index contributed by atoms with van der Waals surface area (Å²) in [6, 6.07) is 9.61. The van der Waals surface area contributed by atoms with Crippen LogP contribution < -0.4 is 20.0 Å². The molecular weight excluding hydrogens is 528 g/mol. The number of likely N-dealkylation sites (N-methyl/N-ethyl adjacent to an activating group) is 1. The first kappa shape index (κ1) is 28.4. The lowest BCUT2D eigenvalue weighted by Crippen LogP contribution is -2.27. The second-order valence-electron chi connectivity index (χ2n) is 7.90. The molecule has 2 amide bonds. The van der Waals surface area contributed by atoms with Crippen LogP contribution in [0.3, 0.4) is 0 Å². The van der Waals surface area contributed by atoms with E-state index in [1.165, 1.54) is 35.9 Å². The van der Waals surface area contributed by atoms with E-state index in [9.17, 15) is 27.2 Å². The van der Waals surface area contributed by atoms with Crippen molar-refractivity contribution in [3.8, 4) is 0 Å². The molecule has 38 heavy (non-hydrogen) atoms. The van der Waals surface area contributed by atoms with Gasteiger partial charge in [0.2, 0.25) is 11.9 Å². The van der Waals surface area contributed by atoms with Crippen LogP contribution in [0.4, 0.5) is 40.7 Å². The predicted octanol–water partition coefficient (Wildman–Crippen LogP) is 5.31. The van der Waals surface area contributed by atoms with Gasteiger partial charge in [-0.1, -0.05) is 6.58 Å². The highest BCUT2D eigenvalue weighted by molar-refractivity contribution is 6.25. The van der Waals surface area contributed by atoms with Gasteiger partial charge in [-0.3, -0.25) is 14.0 Å². The lowest BCUT2D eigenvalue weighted by Gasteiger charge is -2.18. The maximum atomic E-state index is 14.2. The number of halogens is 5. The van der Waals surface area contributed by atoms with Crippen LogP contribution in [0, 0.1) is 5.82 Å². The second-order valence-corrected chi connectivity index (χ2v) is 8.31. The Hall–Kier alpha value is -4.19. The fourth-order valence-electron chi connectivity index (χ4n) is 3.22.